The maximum atomic E-state index is 9.68. The largest absolute Gasteiger partial charge is 0.381 e. The van der Waals surface area contributed by atoms with E-state index < -0.39 is 0 Å². The molecule has 0 aliphatic carbocycles. The molecule has 156 valence electrons. The van der Waals surface area contributed by atoms with Crippen LogP contribution in [0, 0.1) is 11.3 Å². The fourth-order valence-electron chi connectivity index (χ4n) is 4.02. The highest BCUT2D eigenvalue weighted by molar-refractivity contribution is 5.90. The highest BCUT2D eigenvalue weighted by atomic mass is 15.3. The lowest BCUT2D eigenvalue weighted by Crippen LogP contribution is -2.44. The normalized spacial score (nSPS) is 14.8. The van der Waals surface area contributed by atoms with Gasteiger partial charge in [-0.25, -0.2) is 9.50 Å². The Morgan fingerprint density at radius 3 is 2.45 bits per heavy atom. The Bertz CT molecular complexity index is 1290. The Labute approximate surface area is 179 Å². The number of aromatic nitrogens is 5. The van der Waals surface area contributed by atoms with Gasteiger partial charge in [0, 0.05) is 74.1 Å². The van der Waals surface area contributed by atoms with Crippen LogP contribution in [0.5, 0.6) is 0 Å². The van der Waals surface area contributed by atoms with Crippen molar-refractivity contribution in [1.82, 2.24) is 29.3 Å². The van der Waals surface area contributed by atoms with Crippen molar-refractivity contribution in [3.05, 3.63) is 48.5 Å². The standard InChI is InChI=1S/C22H23N9/c1-28-5-7-30(8-6-28)20-4-3-15(11-25-20)18-9-16(17-12-26-29(2)13-17)14-31-21(18)19(10-23)22(24)27-31/h3-4,9,11-14H,5-8H2,1-2H3,(H2,24,27). The van der Waals surface area contributed by atoms with E-state index in [1.54, 1.807) is 15.4 Å². The summed E-state index contributed by atoms with van der Waals surface area (Å²) in [4.78, 5) is 9.34. The quantitative estimate of drug-likeness (QED) is 0.548. The SMILES string of the molecule is CN1CCN(c2ccc(-c3cc(-c4cnn(C)c4)cn4nc(N)c(C#N)c34)cn2)CC1. The van der Waals surface area contributed by atoms with E-state index in [-0.39, 0.29) is 5.82 Å². The topological polar surface area (TPSA) is 104 Å². The molecule has 1 aliphatic rings. The summed E-state index contributed by atoms with van der Waals surface area (Å²) < 4.78 is 3.43. The Hall–Kier alpha value is -3.90. The van der Waals surface area contributed by atoms with Crippen molar-refractivity contribution in [3.8, 4) is 28.3 Å². The highest BCUT2D eigenvalue weighted by Crippen LogP contribution is 2.33. The van der Waals surface area contributed by atoms with Crippen LogP contribution in [0.2, 0.25) is 0 Å². The van der Waals surface area contributed by atoms with Gasteiger partial charge in [-0.3, -0.25) is 4.68 Å². The number of nitriles is 1. The smallest absolute Gasteiger partial charge is 0.164 e. The van der Waals surface area contributed by atoms with E-state index in [2.05, 4.69) is 33.1 Å². The minimum absolute atomic E-state index is 0.217. The van der Waals surface area contributed by atoms with Crippen molar-refractivity contribution in [1.29, 1.82) is 5.26 Å². The number of rotatable bonds is 3. The molecule has 0 bridgehead atoms. The maximum absolute atomic E-state index is 9.68. The molecule has 9 nitrogen and oxygen atoms in total. The number of hydrogen-bond acceptors (Lipinski definition) is 7. The van der Waals surface area contributed by atoms with Crippen molar-refractivity contribution < 1.29 is 0 Å². The van der Waals surface area contributed by atoms with Gasteiger partial charge in [0.15, 0.2) is 5.82 Å². The van der Waals surface area contributed by atoms with E-state index in [0.29, 0.717) is 11.1 Å². The van der Waals surface area contributed by atoms with E-state index in [1.807, 2.05) is 43.8 Å². The van der Waals surface area contributed by atoms with Gasteiger partial charge in [-0.2, -0.15) is 10.4 Å². The van der Waals surface area contributed by atoms with Gasteiger partial charge in [0.2, 0.25) is 0 Å². The lowest BCUT2D eigenvalue weighted by molar-refractivity contribution is 0.312. The average Bonchev–Trinajstić information content (AvgIpc) is 3.35. The van der Waals surface area contributed by atoms with Gasteiger partial charge in [-0.1, -0.05) is 0 Å². The van der Waals surface area contributed by atoms with E-state index in [1.165, 1.54) is 0 Å². The number of likely N-dealkylation sites (N-methyl/N-ethyl adjacent to an activating group) is 1. The molecule has 5 heterocycles. The number of nitrogens with two attached hydrogens (primary N) is 1. The molecular formula is C22H23N9. The van der Waals surface area contributed by atoms with Gasteiger partial charge < -0.3 is 15.5 Å². The number of piperazine rings is 1. The number of pyridine rings is 2. The number of nitrogen functional groups attached to an aromatic ring is 1. The Morgan fingerprint density at radius 2 is 1.81 bits per heavy atom. The van der Waals surface area contributed by atoms with Gasteiger partial charge in [0.1, 0.15) is 17.5 Å². The van der Waals surface area contributed by atoms with Crippen molar-refractivity contribution in [2.45, 2.75) is 0 Å². The Balaban J connectivity index is 1.61. The summed E-state index contributed by atoms with van der Waals surface area (Å²) in [6.45, 7) is 3.97. The zero-order valence-electron chi connectivity index (χ0n) is 17.5. The molecule has 2 N–H and O–H groups in total. The second kappa shape index (κ2) is 7.41. The molecule has 4 aromatic heterocycles. The molecule has 0 atom stereocenters. The number of aryl methyl sites for hydroxylation is 1. The van der Waals surface area contributed by atoms with Crippen LogP contribution in [0.3, 0.4) is 0 Å². The molecule has 1 saturated heterocycles. The molecule has 0 amide bonds. The third kappa shape index (κ3) is 3.37. The van der Waals surface area contributed by atoms with Crippen molar-refractivity contribution >= 4 is 17.2 Å². The molecule has 1 aliphatic heterocycles. The monoisotopic (exact) mass is 413 g/mol. The van der Waals surface area contributed by atoms with Crippen LogP contribution in [-0.4, -0.2) is 62.5 Å². The minimum Gasteiger partial charge on any atom is -0.381 e. The van der Waals surface area contributed by atoms with Gasteiger partial charge in [0.05, 0.1) is 11.7 Å². The second-order valence-electron chi connectivity index (χ2n) is 7.91. The predicted octanol–water partition coefficient (Wildman–Crippen LogP) is 2.00. The van der Waals surface area contributed by atoms with Crippen LogP contribution in [0.4, 0.5) is 11.6 Å². The summed E-state index contributed by atoms with van der Waals surface area (Å²) >= 11 is 0. The van der Waals surface area contributed by atoms with Gasteiger partial charge in [-0.05, 0) is 25.2 Å². The van der Waals surface area contributed by atoms with Crippen LogP contribution in [0.25, 0.3) is 27.8 Å². The van der Waals surface area contributed by atoms with E-state index in [9.17, 15) is 5.26 Å². The summed E-state index contributed by atoms with van der Waals surface area (Å²) in [6, 6.07) is 8.33. The van der Waals surface area contributed by atoms with Crippen LogP contribution in [-0.2, 0) is 7.05 Å². The number of hydrogen-bond donors (Lipinski definition) is 1. The van der Waals surface area contributed by atoms with Crippen molar-refractivity contribution in [2.75, 3.05) is 43.9 Å². The molecule has 5 rings (SSSR count). The molecule has 31 heavy (non-hydrogen) atoms. The highest BCUT2D eigenvalue weighted by Gasteiger charge is 2.19. The first kappa shape index (κ1) is 19.1. The van der Waals surface area contributed by atoms with Crippen LogP contribution >= 0.6 is 0 Å². The van der Waals surface area contributed by atoms with Gasteiger partial charge in [0.25, 0.3) is 0 Å². The van der Waals surface area contributed by atoms with E-state index in [4.69, 9.17) is 10.7 Å². The van der Waals surface area contributed by atoms with Crippen molar-refractivity contribution in [3.63, 3.8) is 0 Å². The minimum atomic E-state index is 0.217. The average molecular weight is 413 g/mol. The fraction of sp³-hybridized carbons (Fsp3) is 0.273. The predicted molar refractivity (Wildman–Crippen MR) is 119 cm³/mol. The summed E-state index contributed by atoms with van der Waals surface area (Å²) in [5.41, 5.74) is 10.8. The molecule has 4 aromatic rings. The Kier molecular flexibility index (Phi) is 4.56. The van der Waals surface area contributed by atoms with Crippen LogP contribution in [0.15, 0.2) is 43.0 Å². The molecule has 0 aromatic carbocycles. The maximum Gasteiger partial charge on any atom is 0.164 e. The first-order valence-corrected chi connectivity index (χ1v) is 10.1. The number of fused-ring (bicyclic) bond motifs is 1. The molecule has 0 spiro atoms. The summed E-state index contributed by atoms with van der Waals surface area (Å²) in [7, 11) is 4.02. The number of nitrogens with zero attached hydrogens (tertiary/aromatic N) is 8. The summed E-state index contributed by atoms with van der Waals surface area (Å²) in [5, 5.41) is 18.3. The molecule has 1 fully saturated rings. The second-order valence-corrected chi connectivity index (χ2v) is 7.91. The molecule has 0 unspecified atom stereocenters. The van der Waals surface area contributed by atoms with E-state index >= 15 is 0 Å². The summed E-state index contributed by atoms with van der Waals surface area (Å²) in [5.74, 6) is 1.18. The first-order valence-electron chi connectivity index (χ1n) is 10.1. The Morgan fingerprint density at radius 1 is 1.00 bits per heavy atom. The lowest BCUT2D eigenvalue weighted by Gasteiger charge is -2.33. The molecule has 9 heteroatoms. The molecule has 0 radical (unpaired) electrons. The zero-order valence-corrected chi connectivity index (χ0v) is 17.5. The number of anilines is 2. The van der Waals surface area contributed by atoms with Gasteiger partial charge >= 0.3 is 0 Å². The third-order valence-corrected chi connectivity index (χ3v) is 5.79. The first-order chi connectivity index (χ1) is 15.0. The molecule has 0 saturated carbocycles. The lowest BCUT2D eigenvalue weighted by atomic mass is 10.0. The fourth-order valence-corrected chi connectivity index (χ4v) is 4.02. The van der Waals surface area contributed by atoms with E-state index in [0.717, 1.165) is 54.3 Å². The van der Waals surface area contributed by atoms with Gasteiger partial charge in [-0.15, -0.1) is 5.10 Å². The zero-order chi connectivity index (χ0) is 21.5. The summed E-state index contributed by atoms with van der Waals surface area (Å²) in [6.07, 6.45) is 7.48. The van der Waals surface area contributed by atoms with Crippen molar-refractivity contribution in [2.24, 2.45) is 7.05 Å². The molecular weight excluding hydrogens is 390 g/mol. The third-order valence-electron chi connectivity index (χ3n) is 5.79. The van der Waals surface area contributed by atoms with Crippen LogP contribution < -0.4 is 10.6 Å². The van der Waals surface area contributed by atoms with Crippen LogP contribution in [0.1, 0.15) is 5.56 Å².